The standard InChI is InChI=1S/C7H12N2O2S/c10-7(11)5-4-9-1-2-12-6(9)3-8-5/h5-6,8H,1-4H2,(H,10,11). The van der Waals surface area contributed by atoms with E-state index in [1.807, 2.05) is 11.8 Å². The van der Waals surface area contributed by atoms with E-state index in [1.54, 1.807) is 0 Å². The summed E-state index contributed by atoms with van der Waals surface area (Å²) in [5, 5.41) is 12.3. The molecule has 68 valence electrons. The van der Waals surface area contributed by atoms with Crippen LogP contribution in [-0.4, -0.2) is 52.8 Å². The first-order chi connectivity index (χ1) is 5.77. The lowest BCUT2D eigenvalue weighted by Crippen LogP contribution is -2.56. The molecule has 2 unspecified atom stereocenters. The van der Waals surface area contributed by atoms with Crippen molar-refractivity contribution in [3.8, 4) is 0 Å². The van der Waals surface area contributed by atoms with Crippen molar-refractivity contribution in [2.24, 2.45) is 0 Å². The van der Waals surface area contributed by atoms with Crippen LogP contribution in [0.3, 0.4) is 0 Å². The highest BCUT2D eigenvalue weighted by molar-refractivity contribution is 8.00. The first-order valence-electron chi connectivity index (χ1n) is 4.09. The molecule has 2 heterocycles. The van der Waals surface area contributed by atoms with E-state index in [1.165, 1.54) is 0 Å². The number of rotatable bonds is 1. The van der Waals surface area contributed by atoms with Crippen molar-refractivity contribution in [3.63, 3.8) is 0 Å². The highest BCUT2D eigenvalue weighted by Crippen LogP contribution is 2.25. The zero-order valence-electron chi connectivity index (χ0n) is 6.69. The largest absolute Gasteiger partial charge is 0.480 e. The Labute approximate surface area is 75.3 Å². The molecule has 4 nitrogen and oxygen atoms in total. The first kappa shape index (κ1) is 8.34. The third-order valence-corrected chi connectivity index (χ3v) is 3.62. The molecular weight excluding hydrogens is 176 g/mol. The number of hydrogen-bond donors (Lipinski definition) is 2. The molecule has 0 aromatic carbocycles. The van der Waals surface area contributed by atoms with Gasteiger partial charge in [-0.2, -0.15) is 0 Å². The topological polar surface area (TPSA) is 52.6 Å². The van der Waals surface area contributed by atoms with Crippen LogP contribution in [-0.2, 0) is 4.79 Å². The number of carbonyl (C=O) groups is 1. The molecule has 0 bridgehead atoms. The fraction of sp³-hybridized carbons (Fsp3) is 0.857. The molecule has 2 rings (SSSR count). The van der Waals surface area contributed by atoms with Crippen molar-refractivity contribution < 1.29 is 9.90 Å². The number of piperazine rings is 1. The van der Waals surface area contributed by atoms with Crippen LogP contribution < -0.4 is 5.32 Å². The molecule has 2 fully saturated rings. The third kappa shape index (κ3) is 1.44. The first-order valence-corrected chi connectivity index (χ1v) is 5.14. The summed E-state index contributed by atoms with van der Waals surface area (Å²) < 4.78 is 0. The Morgan fingerprint density at radius 2 is 2.50 bits per heavy atom. The van der Waals surface area contributed by atoms with Crippen LogP contribution in [0.4, 0.5) is 0 Å². The second-order valence-electron chi connectivity index (χ2n) is 3.12. The zero-order valence-corrected chi connectivity index (χ0v) is 7.51. The highest BCUT2D eigenvalue weighted by atomic mass is 32.2. The Hall–Kier alpha value is -0.260. The van der Waals surface area contributed by atoms with Gasteiger partial charge in [-0.1, -0.05) is 0 Å². The molecular formula is C7H12N2O2S. The Morgan fingerprint density at radius 1 is 1.67 bits per heavy atom. The van der Waals surface area contributed by atoms with E-state index in [2.05, 4.69) is 10.2 Å². The number of aliphatic carboxylic acids is 1. The van der Waals surface area contributed by atoms with Crippen molar-refractivity contribution in [1.82, 2.24) is 10.2 Å². The molecule has 0 spiro atoms. The smallest absolute Gasteiger partial charge is 0.322 e. The summed E-state index contributed by atoms with van der Waals surface area (Å²) >= 11 is 1.91. The summed E-state index contributed by atoms with van der Waals surface area (Å²) in [4.78, 5) is 12.9. The molecule has 2 atom stereocenters. The van der Waals surface area contributed by atoms with E-state index in [0.717, 1.165) is 18.8 Å². The van der Waals surface area contributed by atoms with Crippen molar-refractivity contribution in [2.45, 2.75) is 11.4 Å². The number of fused-ring (bicyclic) bond motifs is 1. The average molecular weight is 188 g/mol. The Balaban J connectivity index is 1.96. The molecule has 5 heteroatoms. The quantitative estimate of drug-likeness (QED) is 0.576. The monoisotopic (exact) mass is 188 g/mol. The van der Waals surface area contributed by atoms with Crippen molar-refractivity contribution >= 4 is 17.7 Å². The number of hydrogen-bond acceptors (Lipinski definition) is 4. The van der Waals surface area contributed by atoms with Gasteiger partial charge in [-0.3, -0.25) is 9.69 Å². The predicted octanol–water partition coefficient (Wildman–Crippen LogP) is -0.582. The molecule has 2 saturated heterocycles. The summed E-state index contributed by atoms with van der Waals surface area (Å²) in [5.74, 6) is 0.406. The number of nitrogens with zero attached hydrogens (tertiary/aromatic N) is 1. The maximum atomic E-state index is 10.6. The number of thioether (sulfide) groups is 1. The average Bonchev–Trinajstić information content (AvgIpc) is 2.49. The van der Waals surface area contributed by atoms with Gasteiger partial charge in [-0.05, 0) is 0 Å². The molecule has 12 heavy (non-hydrogen) atoms. The number of carboxylic acid groups (broad SMARTS) is 1. The molecule has 0 radical (unpaired) electrons. The van der Waals surface area contributed by atoms with E-state index in [4.69, 9.17) is 5.11 Å². The minimum atomic E-state index is -0.731. The van der Waals surface area contributed by atoms with Crippen molar-refractivity contribution in [3.05, 3.63) is 0 Å². The Bertz CT molecular complexity index is 200. The maximum absolute atomic E-state index is 10.6. The molecule has 0 aromatic rings. The molecule has 2 aliphatic rings. The zero-order chi connectivity index (χ0) is 8.55. The summed E-state index contributed by atoms with van der Waals surface area (Å²) in [6.07, 6.45) is 0. The van der Waals surface area contributed by atoms with E-state index in [0.29, 0.717) is 11.9 Å². The maximum Gasteiger partial charge on any atom is 0.322 e. The minimum absolute atomic E-state index is 0.361. The molecule has 0 amide bonds. The minimum Gasteiger partial charge on any atom is -0.480 e. The van der Waals surface area contributed by atoms with Gasteiger partial charge in [0.25, 0.3) is 0 Å². The van der Waals surface area contributed by atoms with E-state index >= 15 is 0 Å². The molecule has 0 aliphatic carbocycles. The number of carboxylic acids is 1. The second-order valence-corrected chi connectivity index (χ2v) is 4.41. The van der Waals surface area contributed by atoms with Gasteiger partial charge in [-0.15, -0.1) is 11.8 Å². The van der Waals surface area contributed by atoms with Gasteiger partial charge in [0.1, 0.15) is 6.04 Å². The third-order valence-electron chi connectivity index (χ3n) is 2.35. The fourth-order valence-corrected chi connectivity index (χ4v) is 2.89. The molecule has 2 aliphatic heterocycles. The molecule has 2 N–H and O–H groups in total. The lowest BCUT2D eigenvalue weighted by Gasteiger charge is -2.33. The van der Waals surface area contributed by atoms with Crippen LogP contribution in [0.25, 0.3) is 0 Å². The van der Waals surface area contributed by atoms with E-state index in [-0.39, 0.29) is 6.04 Å². The lowest BCUT2D eigenvalue weighted by atomic mass is 10.2. The summed E-state index contributed by atoms with van der Waals surface area (Å²) in [6, 6.07) is -0.361. The summed E-state index contributed by atoms with van der Waals surface area (Å²) in [6.45, 7) is 2.51. The summed E-state index contributed by atoms with van der Waals surface area (Å²) in [7, 11) is 0. The molecule has 0 saturated carbocycles. The van der Waals surface area contributed by atoms with Crippen molar-refractivity contribution in [2.75, 3.05) is 25.4 Å². The van der Waals surface area contributed by atoms with E-state index < -0.39 is 5.97 Å². The summed E-state index contributed by atoms with van der Waals surface area (Å²) in [5.41, 5.74) is 0. The van der Waals surface area contributed by atoms with Crippen LogP contribution >= 0.6 is 11.8 Å². The van der Waals surface area contributed by atoms with Gasteiger partial charge in [0.2, 0.25) is 0 Å². The number of nitrogens with one attached hydrogen (secondary N) is 1. The van der Waals surface area contributed by atoms with Crippen LogP contribution in [0.2, 0.25) is 0 Å². The van der Waals surface area contributed by atoms with Gasteiger partial charge in [-0.25, -0.2) is 0 Å². The van der Waals surface area contributed by atoms with Gasteiger partial charge >= 0.3 is 5.97 Å². The second kappa shape index (κ2) is 3.24. The normalized spacial score (nSPS) is 36.3. The predicted molar refractivity (Wildman–Crippen MR) is 47.2 cm³/mol. The molecule has 0 aromatic heterocycles. The van der Waals surface area contributed by atoms with Crippen molar-refractivity contribution in [1.29, 1.82) is 0 Å². The van der Waals surface area contributed by atoms with Crippen LogP contribution in [0.5, 0.6) is 0 Å². The van der Waals surface area contributed by atoms with Crippen LogP contribution in [0, 0.1) is 0 Å². The van der Waals surface area contributed by atoms with Crippen LogP contribution in [0.15, 0.2) is 0 Å². The van der Waals surface area contributed by atoms with Gasteiger partial charge in [0, 0.05) is 25.4 Å². The van der Waals surface area contributed by atoms with Gasteiger partial charge in [0.15, 0.2) is 0 Å². The highest BCUT2D eigenvalue weighted by Gasteiger charge is 2.34. The Morgan fingerprint density at radius 3 is 3.25 bits per heavy atom. The fourth-order valence-electron chi connectivity index (χ4n) is 1.66. The SMILES string of the molecule is O=C(O)C1CN2CCSC2CN1. The van der Waals surface area contributed by atoms with Crippen LogP contribution in [0.1, 0.15) is 0 Å². The Kier molecular flexibility index (Phi) is 2.25. The lowest BCUT2D eigenvalue weighted by molar-refractivity contribution is -0.140. The van der Waals surface area contributed by atoms with Gasteiger partial charge in [0.05, 0.1) is 5.37 Å². The van der Waals surface area contributed by atoms with Gasteiger partial charge < -0.3 is 10.4 Å². The van der Waals surface area contributed by atoms with E-state index in [9.17, 15) is 4.79 Å².